The van der Waals surface area contributed by atoms with Gasteiger partial charge in [0.05, 0.1) is 178 Å². The molecule has 0 aromatic heterocycles. The van der Waals surface area contributed by atoms with Crippen molar-refractivity contribution < 1.29 is 143 Å². The first-order valence-corrected chi connectivity index (χ1v) is 39.3. The minimum Gasteiger partial charge on any atom is -0.379 e. The summed E-state index contributed by atoms with van der Waals surface area (Å²) in [6, 6.07) is 0. The Bertz CT molecular complexity index is 2500. The maximum Gasteiger partial charge on any atom is 0.246 e. The van der Waals surface area contributed by atoms with Crippen molar-refractivity contribution in [3.63, 3.8) is 0 Å². The van der Waals surface area contributed by atoms with Gasteiger partial charge < -0.3 is 140 Å². The molecule has 115 heavy (non-hydrogen) atoms. The van der Waals surface area contributed by atoms with Gasteiger partial charge in [-0.3, -0.25) is 62.3 Å². The molecule has 0 saturated carbocycles. The zero-order valence-electron chi connectivity index (χ0n) is 68.1. The molecule has 41 nitrogen and oxygen atoms in total. The number of nitrogens with one attached hydrogen (secondary N) is 9. The van der Waals surface area contributed by atoms with E-state index in [4.69, 9.17) is 87.3 Å². The quantitative estimate of drug-likeness (QED) is 0.0257. The first kappa shape index (κ1) is 110. The number of carbonyl (C=O) groups is 14. The minimum atomic E-state index is -0.310. The molecule has 0 aliphatic rings. The first-order valence-electron chi connectivity index (χ1n) is 39.3. The van der Waals surface area contributed by atoms with Crippen molar-refractivity contribution in [1.29, 1.82) is 0 Å². The Morgan fingerprint density at radius 3 is 0.739 bits per heavy atom. The summed E-state index contributed by atoms with van der Waals surface area (Å²) < 4.78 is 84.6. The van der Waals surface area contributed by atoms with Crippen LogP contribution in [-0.2, 0) is 143 Å². The molecule has 0 aliphatic heterocycles. The molecule has 13 N–H and O–H groups in total. The van der Waals surface area contributed by atoms with E-state index in [2.05, 4.69) is 47.9 Å². The maximum atomic E-state index is 12.0. The third-order valence-electron chi connectivity index (χ3n) is 14.9. The Kier molecular flexibility index (Phi) is 81.0. The topological polar surface area (TPSA) is 547 Å². The Labute approximate surface area is 675 Å². The van der Waals surface area contributed by atoms with Crippen LogP contribution in [-0.4, -0.2) is 365 Å². The van der Waals surface area contributed by atoms with E-state index in [-0.39, 0.29) is 292 Å². The molecule has 0 bridgehead atoms. The molecular weight excluding hydrogens is 1520 g/mol. The van der Waals surface area contributed by atoms with Gasteiger partial charge in [0.1, 0.15) is 63.6 Å². The van der Waals surface area contributed by atoms with Gasteiger partial charge >= 0.3 is 0 Å². The third-order valence-corrected chi connectivity index (χ3v) is 14.9. The van der Waals surface area contributed by atoms with Gasteiger partial charge in [-0.2, -0.15) is 0 Å². The van der Waals surface area contributed by atoms with E-state index in [9.17, 15) is 67.1 Å². The average Bonchev–Trinajstić information content (AvgIpc) is 0.956. The Morgan fingerprint density at radius 1 is 0.235 bits per heavy atom. The number of hydrogen-bond acceptors (Lipinski definition) is 32. The van der Waals surface area contributed by atoms with Crippen LogP contribution in [0.4, 0.5) is 0 Å². The van der Waals surface area contributed by atoms with Crippen LogP contribution in [0.3, 0.4) is 0 Å². The first-order chi connectivity index (χ1) is 55.7. The predicted octanol–water partition coefficient (Wildman–Crippen LogP) is -4.21. The standard InChI is InChI=1S/C42H76N6O16.C32H59N5O14/c1-34(49)9-10-36(35(2)50)6-3-4-12-44-40(54)31-62-27-26-61-21-16-48-42(56)33-64-29-25-60-19-14-46-39(53)8-5-7-38(52)45-13-18-59-24-28-63-32-41(55)47-15-20-58-23-22-57-17-11-37(51)30-43;1-2-27(38)23-48-18-14-46-12-8-36-31(42)25-50-20-16-44-10-6-34-29(40)4-3-5-30(41)35-7-11-45-17-21-51-26-32(43)37-9-13-47-15-19-49-24-28(39)22-33/h36H,3-33,43H2,1-2H3,(H,44,54)(H,45,52)(H,46,53)(H,47,55)(H,48,56);2-26,33H2,1H3,(H,34,40)(H,35,41)(H,36,42)(H,37,43). The molecule has 0 spiro atoms. The third kappa shape index (κ3) is 86.0. The summed E-state index contributed by atoms with van der Waals surface area (Å²) in [5.74, 6) is -2.35. The molecule has 0 aromatic carbocycles. The number of unbranched alkanes of at least 4 members (excludes halogenated alkanes) is 1. The van der Waals surface area contributed by atoms with Crippen LogP contribution in [0.1, 0.15) is 104 Å². The summed E-state index contributed by atoms with van der Waals surface area (Å²) in [4.78, 5) is 163. The summed E-state index contributed by atoms with van der Waals surface area (Å²) in [7, 11) is 0. The smallest absolute Gasteiger partial charge is 0.246 e. The molecule has 0 heterocycles. The number of carbonyl (C=O) groups excluding carboxylic acids is 14. The highest BCUT2D eigenvalue weighted by Gasteiger charge is 2.16. The predicted molar refractivity (Wildman–Crippen MR) is 414 cm³/mol. The lowest BCUT2D eigenvalue weighted by Crippen LogP contribution is -2.32. The lowest BCUT2D eigenvalue weighted by atomic mass is 9.92. The molecular formula is C74H135N11O30. The minimum absolute atomic E-state index is 0.00745. The summed E-state index contributed by atoms with van der Waals surface area (Å²) in [5, 5.41) is 24.2. The second-order valence-corrected chi connectivity index (χ2v) is 24.9. The molecule has 9 amide bonds. The molecule has 0 saturated heterocycles. The highest BCUT2D eigenvalue weighted by molar-refractivity contribution is 5.83. The summed E-state index contributed by atoms with van der Waals surface area (Å²) in [6.45, 7) is 14.0. The molecule has 1 atom stereocenters. The van der Waals surface area contributed by atoms with Gasteiger partial charge in [0.15, 0.2) is 11.6 Å². The fourth-order valence-electron chi connectivity index (χ4n) is 8.71. The van der Waals surface area contributed by atoms with Crippen LogP contribution in [0, 0.1) is 5.92 Å². The summed E-state index contributed by atoms with van der Waals surface area (Å²) in [5.41, 5.74) is 10.4. The number of hydrogen-bond donors (Lipinski definition) is 11. The SMILES string of the molecule is CC(=O)CCC(CCCCNC(=O)COCCOCCNC(=O)COCCOCCNC(=O)CCCC(=O)NCCOCCOCC(=O)NCCOCCOCCC(=O)CN)C(C)=O.CCC(=O)COCCOCCNC(=O)COCCOCCNC(=O)CCCC(=O)NCCOCCOCC(=O)NCCOCCOCC(=O)CN. The Hall–Kier alpha value is -7.14. The van der Waals surface area contributed by atoms with Gasteiger partial charge in [0, 0.05) is 110 Å². The molecule has 0 rings (SSSR count). The van der Waals surface area contributed by atoms with E-state index in [1.807, 2.05) is 0 Å². The fraction of sp³-hybridized carbons (Fsp3) is 0.811. The van der Waals surface area contributed by atoms with Gasteiger partial charge in [-0.1, -0.05) is 13.3 Å². The number of rotatable bonds is 85. The molecule has 0 aliphatic carbocycles. The average molecular weight is 1660 g/mol. The van der Waals surface area contributed by atoms with Crippen LogP contribution in [0.5, 0.6) is 0 Å². The lowest BCUT2D eigenvalue weighted by molar-refractivity contribution is -0.127. The highest BCUT2D eigenvalue weighted by atomic mass is 16.6. The normalized spacial score (nSPS) is 11.2. The maximum absolute atomic E-state index is 12.0. The van der Waals surface area contributed by atoms with E-state index in [1.54, 1.807) is 13.8 Å². The summed E-state index contributed by atoms with van der Waals surface area (Å²) in [6.07, 6.45) is 5.46. The van der Waals surface area contributed by atoms with E-state index in [0.717, 1.165) is 12.8 Å². The van der Waals surface area contributed by atoms with Gasteiger partial charge in [-0.05, 0) is 46.0 Å². The second-order valence-electron chi connectivity index (χ2n) is 24.9. The molecule has 41 heteroatoms. The largest absolute Gasteiger partial charge is 0.379 e. The van der Waals surface area contributed by atoms with Crippen LogP contribution >= 0.6 is 0 Å². The van der Waals surface area contributed by atoms with E-state index in [1.165, 1.54) is 6.92 Å². The van der Waals surface area contributed by atoms with Gasteiger partial charge in [0.25, 0.3) is 0 Å². The number of amides is 9. The number of ether oxygens (including phenoxy) is 16. The van der Waals surface area contributed by atoms with Crippen molar-refractivity contribution in [2.24, 2.45) is 17.4 Å². The van der Waals surface area contributed by atoms with Crippen LogP contribution in [0.25, 0.3) is 0 Å². The number of ketones is 5. The lowest BCUT2D eigenvalue weighted by Gasteiger charge is -2.13. The van der Waals surface area contributed by atoms with Gasteiger partial charge in [-0.25, -0.2) is 0 Å². The van der Waals surface area contributed by atoms with Crippen molar-refractivity contribution in [1.82, 2.24) is 47.9 Å². The van der Waals surface area contributed by atoms with Crippen molar-refractivity contribution >= 4 is 82.1 Å². The fourth-order valence-corrected chi connectivity index (χ4v) is 8.71. The van der Waals surface area contributed by atoms with Crippen molar-refractivity contribution in [3.8, 4) is 0 Å². The molecule has 0 radical (unpaired) electrons. The van der Waals surface area contributed by atoms with Gasteiger partial charge in [-0.15, -0.1) is 0 Å². The van der Waals surface area contributed by atoms with Crippen molar-refractivity contribution in [3.05, 3.63) is 0 Å². The van der Waals surface area contributed by atoms with Crippen molar-refractivity contribution in [2.45, 2.75) is 104 Å². The molecule has 0 fully saturated rings. The number of Topliss-reactive ketones (excluding diaryl/α,β-unsaturated/α-hetero) is 5. The molecule has 1 unspecified atom stereocenters. The Balaban J connectivity index is 0. The van der Waals surface area contributed by atoms with Gasteiger partial charge in [0.2, 0.25) is 53.2 Å². The molecule has 0 aromatic rings. The highest BCUT2D eigenvalue weighted by Crippen LogP contribution is 2.16. The van der Waals surface area contributed by atoms with Crippen LogP contribution < -0.4 is 59.3 Å². The van der Waals surface area contributed by atoms with Crippen molar-refractivity contribution in [2.75, 3.05) is 283 Å². The van der Waals surface area contributed by atoms with E-state index < -0.39 is 0 Å². The van der Waals surface area contributed by atoms with E-state index in [0.29, 0.717) is 150 Å². The van der Waals surface area contributed by atoms with E-state index >= 15 is 0 Å². The van der Waals surface area contributed by atoms with Crippen LogP contribution in [0.2, 0.25) is 0 Å². The van der Waals surface area contributed by atoms with Crippen LogP contribution in [0.15, 0.2) is 0 Å². The number of nitrogens with two attached hydrogens (primary N) is 2. The molecule has 666 valence electrons. The second kappa shape index (κ2) is 84.8. The summed E-state index contributed by atoms with van der Waals surface area (Å²) >= 11 is 0. The Morgan fingerprint density at radius 2 is 0.478 bits per heavy atom. The zero-order valence-corrected chi connectivity index (χ0v) is 68.1. The zero-order chi connectivity index (χ0) is 84.9. The monoisotopic (exact) mass is 1660 g/mol.